The molecule has 0 aliphatic heterocycles. The molecule has 0 fully saturated rings. The SMILES string of the molecule is COc1ccc(-c2csc(NC(=O)c3ccc(NC(=O)OC(C)(C)C)cc3)n2)cc1OC. The molecule has 2 amide bonds. The van der Waals surface area contributed by atoms with Gasteiger partial charge < -0.3 is 14.2 Å². The number of benzene rings is 2. The van der Waals surface area contributed by atoms with Gasteiger partial charge in [0.15, 0.2) is 16.6 Å². The van der Waals surface area contributed by atoms with Crippen LogP contribution < -0.4 is 20.1 Å². The van der Waals surface area contributed by atoms with E-state index in [0.29, 0.717) is 33.6 Å². The minimum absolute atomic E-state index is 0.304. The Bertz CT molecular complexity index is 1100. The minimum atomic E-state index is -0.590. The third kappa shape index (κ3) is 5.98. The van der Waals surface area contributed by atoms with Crippen molar-refractivity contribution in [3.8, 4) is 22.8 Å². The van der Waals surface area contributed by atoms with Crippen molar-refractivity contribution in [3.05, 3.63) is 53.4 Å². The predicted octanol–water partition coefficient (Wildman–Crippen LogP) is 5.43. The molecule has 32 heavy (non-hydrogen) atoms. The molecule has 3 rings (SSSR count). The van der Waals surface area contributed by atoms with Gasteiger partial charge in [-0.1, -0.05) is 0 Å². The van der Waals surface area contributed by atoms with E-state index in [2.05, 4.69) is 15.6 Å². The molecule has 9 heteroatoms. The van der Waals surface area contributed by atoms with Gasteiger partial charge in [0.25, 0.3) is 5.91 Å². The molecule has 0 aliphatic carbocycles. The summed E-state index contributed by atoms with van der Waals surface area (Å²) >= 11 is 1.32. The highest BCUT2D eigenvalue weighted by Gasteiger charge is 2.17. The van der Waals surface area contributed by atoms with Crippen LogP contribution in [0, 0.1) is 0 Å². The highest BCUT2D eigenvalue weighted by atomic mass is 32.1. The Morgan fingerprint density at radius 1 is 0.938 bits per heavy atom. The van der Waals surface area contributed by atoms with Gasteiger partial charge in [0, 0.05) is 22.2 Å². The summed E-state index contributed by atoms with van der Waals surface area (Å²) in [5, 5.41) is 7.74. The first-order valence-electron chi connectivity index (χ1n) is 9.78. The first kappa shape index (κ1) is 23.1. The summed E-state index contributed by atoms with van der Waals surface area (Å²) in [4.78, 5) is 28.9. The number of thiazole rings is 1. The van der Waals surface area contributed by atoms with Crippen LogP contribution in [0.4, 0.5) is 15.6 Å². The standard InChI is InChI=1S/C23H25N3O5S/c1-23(2,3)31-22(28)24-16-9-6-14(7-10-16)20(27)26-21-25-17(13-32-21)15-8-11-18(29-4)19(12-15)30-5/h6-13H,1-5H3,(H,24,28)(H,25,26,27). The second-order valence-corrected chi connectivity index (χ2v) is 8.62. The Morgan fingerprint density at radius 2 is 1.62 bits per heavy atom. The zero-order valence-electron chi connectivity index (χ0n) is 18.5. The van der Waals surface area contributed by atoms with Gasteiger partial charge in [-0.25, -0.2) is 9.78 Å². The molecule has 2 aromatic carbocycles. The molecule has 0 aliphatic rings. The van der Waals surface area contributed by atoms with Gasteiger partial charge in [-0.15, -0.1) is 11.3 Å². The van der Waals surface area contributed by atoms with Crippen LogP contribution in [0.5, 0.6) is 11.5 Å². The van der Waals surface area contributed by atoms with Crippen LogP contribution >= 0.6 is 11.3 Å². The molecule has 168 valence electrons. The fraction of sp³-hybridized carbons (Fsp3) is 0.261. The lowest BCUT2D eigenvalue weighted by atomic mass is 10.1. The maximum absolute atomic E-state index is 12.6. The number of nitrogens with zero attached hydrogens (tertiary/aromatic N) is 1. The van der Waals surface area contributed by atoms with Crippen molar-refractivity contribution in [2.45, 2.75) is 26.4 Å². The van der Waals surface area contributed by atoms with Crippen molar-refractivity contribution in [2.75, 3.05) is 24.9 Å². The highest BCUT2D eigenvalue weighted by Crippen LogP contribution is 2.33. The maximum Gasteiger partial charge on any atom is 0.412 e. The van der Waals surface area contributed by atoms with Gasteiger partial charge in [0.1, 0.15) is 5.60 Å². The van der Waals surface area contributed by atoms with Gasteiger partial charge in [0.05, 0.1) is 19.9 Å². The Hall–Kier alpha value is -3.59. The van der Waals surface area contributed by atoms with Gasteiger partial charge in [-0.2, -0.15) is 0 Å². The topological polar surface area (TPSA) is 98.8 Å². The van der Waals surface area contributed by atoms with E-state index in [4.69, 9.17) is 14.2 Å². The van der Waals surface area contributed by atoms with E-state index >= 15 is 0 Å². The number of amides is 2. The van der Waals surface area contributed by atoms with Gasteiger partial charge >= 0.3 is 6.09 Å². The molecule has 0 bridgehead atoms. The molecule has 3 aromatic rings. The van der Waals surface area contributed by atoms with Crippen molar-refractivity contribution in [2.24, 2.45) is 0 Å². The molecule has 0 saturated carbocycles. The first-order chi connectivity index (χ1) is 15.2. The lowest BCUT2D eigenvalue weighted by Crippen LogP contribution is -2.27. The molecule has 0 atom stereocenters. The van der Waals surface area contributed by atoms with Crippen LogP contribution in [-0.4, -0.2) is 36.8 Å². The zero-order chi connectivity index (χ0) is 23.3. The second-order valence-electron chi connectivity index (χ2n) is 7.77. The number of ether oxygens (including phenoxy) is 3. The van der Waals surface area contributed by atoms with Crippen molar-refractivity contribution < 1.29 is 23.8 Å². The molecule has 8 nitrogen and oxygen atoms in total. The molecular formula is C23H25N3O5S. The van der Waals surface area contributed by atoms with Crippen LogP contribution in [0.15, 0.2) is 47.8 Å². The van der Waals surface area contributed by atoms with Crippen molar-refractivity contribution >= 4 is 34.2 Å². The van der Waals surface area contributed by atoms with E-state index < -0.39 is 11.7 Å². The van der Waals surface area contributed by atoms with Crippen LogP contribution in [0.2, 0.25) is 0 Å². The molecular weight excluding hydrogens is 430 g/mol. The quantitative estimate of drug-likeness (QED) is 0.514. The largest absolute Gasteiger partial charge is 0.493 e. The Morgan fingerprint density at radius 3 is 2.25 bits per heavy atom. The van der Waals surface area contributed by atoms with Gasteiger partial charge in [-0.3, -0.25) is 15.4 Å². The zero-order valence-corrected chi connectivity index (χ0v) is 19.3. The van der Waals surface area contributed by atoms with Crippen molar-refractivity contribution in [3.63, 3.8) is 0 Å². The highest BCUT2D eigenvalue weighted by molar-refractivity contribution is 7.14. The summed E-state index contributed by atoms with van der Waals surface area (Å²) in [7, 11) is 3.15. The Kier molecular flexibility index (Phi) is 6.99. The molecule has 2 N–H and O–H groups in total. The second kappa shape index (κ2) is 9.69. The Labute approximate surface area is 190 Å². The number of methoxy groups -OCH3 is 2. The average Bonchev–Trinajstić information content (AvgIpc) is 3.20. The number of carbonyl (C=O) groups is 2. The van der Waals surface area contributed by atoms with E-state index in [1.165, 1.54) is 11.3 Å². The molecule has 0 saturated heterocycles. The van der Waals surface area contributed by atoms with Crippen LogP contribution in [0.3, 0.4) is 0 Å². The van der Waals surface area contributed by atoms with E-state index in [9.17, 15) is 9.59 Å². The number of carbonyl (C=O) groups excluding carboxylic acids is 2. The van der Waals surface area contributed by atoms with Gasteiger partial charge in [0.2, 0.25) is 0 Å². The number of nitrogens with one attached hydrogen (secondary N) is 2. The molecule has 0 unspecified atom stereocenters. The van der Waals surface area contributed by atoms with E-state index in [-0.39, 0.29) is 5.91 Å². The summed E-state index contributed by atoms with van der Waals surface area (Å²) in [6.07, 6.45) is -0.555. The summed E-state index contributed by atoms with van der Waals surface area (Å²) in [5.41, 5.74) is 1.93. The molecule has 0 spiro atoms. The number of rotatable bonds is 6. The Balaban J connectivity index is 1.64. The summed E-state index contributed by atoms with van der Waals surface area (Å²) in [6, 6.07) is 12.0. The normalized spacial score (nSPS) is 10.9. The van der Waals surface area contributed by atoms with Crippen LogP contribution in [-0.2, 0) is 4.74 Å². The van der Waals surface area contributed by atoms with E-state index in [0.717, 1.165) is 5.56 Å². The first-order valence-corrected chi connectivity index (χ1v) is 10.7. The van der Waals surface area contributed by atoms with E-state index in [1.54, 1.807) is 65.3 Å². The lowest BCUT2D eigenvalue weighted by molar-refractivity contribution is 0.0636. The smallest absolute Gasteiger partial charge is 0.412 e. The fourth-order valence-corrected chi connectivity index (χ4v) is 3.47. The lowest BCUT2D eigenvalue weighted by Gasteiger charge is -2.19. The van der Waals surface area contributed by atoms with E-state index in [1.807, 2.05) is 17.5 Å². The fourth-order valence-electron chi connectivity index (χ4n) is 2.75. The van der Waals surface area contributed by atoms with Crippen LogP contribution in [0.1, 0.15) is 31.1 Å². The average molecular weight is 456 g/mol. The molecule has 0 radical (unpaired) electrons. The number of aromatic nitrogens is 1. The third-order valence-corrected chi connectivity index (χ3v) is 4.95. The number of anilines is 2. The maximum atomic E-state index is 12.6. The summed E-state index contributed by atoms with van der Waals surface area (Å²) < 4.78 is 15.8. The van der Waals surface area contributed by atoms with Crippen LogP contribution in [0.25, 0.3) is 11.3 Å². The monoisotopic (exact) mass is 455 g/mol. The van der Waals surface area contributed by atoms with Gasteiger partial charge in [-0.05, 0) is 63.2 Å². The third-order valence-electron chi connectivity index (χ3n) is 4.20. The predicted molar refractivity (Wildman–Crippen MR) is 125 cm³/mol. The summed E-state index contributed by atoms with van der Waals surface area (Å²) in [5.74, 6) is 0.926. The number of hydrogen-bond donors (Lipinski definition) is 2. The molecule has 1 aromatic heterocycles. The number of hydrogen-bond acceptors (Lipinski definition) is 7. The van der Waals surface area contributed by atoms with Crippen molar-refractivity contribution in [1.82, 2.24) is 4.98 Å². The molecule has 1 heterocycles. The summed E-state index contributed by atoms with van der Waals surface area (Å²) in [6.45, 7) is 5.36. The minimum Gasteiger partial charge on any atom is -0.493 e. The van der Waals surface area contributed by atoms with Crippen molar-refractivity contribution in [1.29, 1.82) is 0 Å².